The third-order valence-electron chi connectivity index (χ3n) is 4.35. The molecule has 0 aromatic heterocycles. The van der Waals surface area contributed by atoms with Gasteiger partial charge in [-0.15, -0.1) is 0 Å². The number of hydrogen-bond donors (Lipinski definition) is 4. The van der Waals surface area contributed by atoms with Crippen molar-refractivity contribution < 1.29 is 34.1 Å². The summed E-state index contributed by atoms with van der Waals surface area (Å²) in [5.74, 6) is -2.53. The maximum Gasteiger partial charge on any atom is 0.343 e. The minimum absolute atomic E-state index is 0.0731. The van der Waals surface area contributed by atoms with Crippen LogP contribution in [0.3, 0.4) is 0 Å². The summed E-state index contributed by atoms with van der Waals surface area (Å²) in [6, 6.07) is 12.8. The van der Waals surface area contributed by atoms with Gasteiger partial charge >= 0.3 is 11.9 Å². The quantitative estimate of drug-likeness (QED) is 0.139. The van der Waals surface area contributed by atoms with Crippen molar-refractivity contribution in [2.24, 2.45) is 5.73 Å². The topological polar surface area (TPSA) is 171 Å². The molecule has 0 bridgehead atoms. The van der Waals surface area contributed by atoms with Crippen LogP contribution in [0.15, 0.2) is 54.1 Å². The first kappa shape index (κ1) is 28.6. The molecular weight excluding hydrogens is 454 g/mol. The summed E-state index contributed by atoms with van der Waals surface area (Å²) in [4.78, 5) is 46.1. The first-order valence-electron chi connectivity index (χ1n) is 10.6. The molecule has 0 unspecified atom stereocenters. The fourth-order valence-corrected chi connectivity index (χ4v) is 2.83. The van der Waals surface area contributed by atoms with Crippen molar-refractivity contribution in [1.82, 2.24) is 4.90 Å². The molecule has 0 saturated heterocycles. The van der Waals surface area contributed by atoms with E-state index in [-0.39, 0.29) is 18.3 Å². The molecule has 0 heterocycles. The van der Waals surface area contributed by atoms with E-state index in [2.05, 4.69) is 0 Å². The van der Waals surface area contributed by atoms with E-state index in [9.17, 15) is 14.4 Å². The lowest BCUT2D eigenvalue weighted by atomic mass is 10.1. The fraction of sp³-hybridized carbons (Fsp3) is 0.240. The SMILES string of the molecule is CC(=O)O.CCCN(CC(=O)O)C(=O)C(C)=Cc1ccc(C(=O)Oc2ccc(C(=N)N)cc2)cc1. The average Bonchev–Trinajstić information content (AvgIpc) is 2.78. The number of amidine groups is 1. The van der Waals surface area contributed by atoms with Gasteiger partial charge in [0.15, 0.2) is 0 Å². The maximum atomic E-state index is 12.5. The first-order valence-corrected chi connectivity index (χ1v) is 10.6. The number of carboxylic acids is 2. The molecule has 0 atom stereocenters. The number of nitrogen functional groups attached to an aromatic ring is 1. The Morgan fingerprint density at radius 2 is 1.49 bits per heavy atom. The lowest BCUT2D eigenvalue weighted by Gasteiger charge is -2.20. The van der Waals surface area contributed by atoms with Crippen LogP contribution < -0.4 is 10.5 Å². The van der Waals surface area contributed by atoms with E-state index in [1.54, 1.807) is 61.5 Å². The minimum Gasteiger partial charge on any atom is -0.481 e. The lowest BCUT2D eigenvalue weighted by Crippen LogP contribution is -2.36. The molecule has 35 heavy (non-hydrogen) atoms. The second kappa shape index (κ2) is 13.9. The number of carbonyl (C=O) groups excluding carboxylic acids is 2. The van der Waals surface area contributed by atoms with Gasteiger partial charge in [0, 0.05) is 24.6 Å². The minimum atomic E-state index is -1.06. The zero-order valence-electron chi connectivity index (χ0n) is 19.8. The Morgan fingerprint density at radius 1 is 0.971 bits per heavy atom. The number of carboxylic acid groups (broad SMARTS) is 2. The van der Waals surface area contributed by atoms with Crippen LogP contribution in [0, 0.1) is 5.41 Å². The molecule has 186 valence electrons. The van der Waals surface area contributed by atoms with Crippen LogP contribution in [-0.2, 0) is 14.4 Å². The molecule has 5 N–H and O–H groups in total. The molecule has 2 aromatic carbocycles. The number of amides is 1. The number of hydrogen-bond acceptors (Lipinski definition) is 6. The van der Waals surface area contributed by atoms with Crippen molar-refractivity contribution >= 4 is 35.7 Å². The standard InChI is InChI=1S/C23H25N3O5.C2H4O2/c1-3-12-26(14-20(27)28)22(29)15(2)13-16-4-6-18(7-5-16)23(30)31-19-10-8-17(9-11-19)21(24)25;1-2(3)4/h4-11,13H,3,12,14H2,1-2H3,(H3,24,25)(H,27,28);1H3,(H,3,4). The molecule has 0 aliphatic carbocycles. The summed E-state index contributed by atoms with van der Waals surface area (Å²) < 4.78 is 5.31. The molecule has 0 aliphatic rings. The van der Waals surface area contributed by atoms with E-state index in [1.165, 1.54) is 4.90 Å². The van der Waals surface area contributed by atoms with E-state index in [0.717, 1.165) is 6.92 Å². The second-order valence-electron chi connectivity index (χ2n) is 7.42. The Kier molecular flexibility index (Phi) is 11.4. The normalized spacial score (nSPS) is 10.4. The highest BCUT2D eigenvalue weighted by Crippen LogP contribution is 2.16. The molecule has 0 fully saturated rings. The van der Waals surface area contributed by atoms with Crippen molar-refractivity contribution in [2.45, 2.75) is 27.2 Å². The number of carbonyl (C=O) groups is 4. The molecular formula is C25H29N3O7. The van der Waals surface area contributed by atoms with Crippen molar-refractivity contribution in [3.63, 3.8) is 0 Å². The molecule has 2 rings (SSSR count). The van der Waals surface area contributed by atoms with E-state index in [4.69, 9.17) is 30.9 Å². The van der Waals surface area contributed by atoms with Gasteiger partial charge < -0.3 is 25.6 Å². The van der Waals surface area contributed by atoms with Crippen molar-refractivity contribution in [1.29, 1.82) is 5.41 Å². The van der Waals surface area contributed by atoms with Crippen LogP contribution in [0.25, 0.3) is 6.08 Å². The zero-order chi connectivity index (χ0) is 26.5. The number of nitrogens with one attached hydrogen (secondary N) is 1. The molecule has 10 nitrogen and oxygen atoms in total. The fourth-order valence-electron chi connectivity index (χ4n) is 2.83. The van der Waals surface area contributed by atoms with Crippen LogP contribution in [0.4, 0.5) is 0 Å². The Morgan fingerprint density at radius 3 is 1.94 bits per heavy atom. The van der Waals surface area contributed by atoms with Crippen LogP contribution in [0.5, 0.6) is 5.75 Å². The van der Waals surface area contributed by atoms with Gasteiger partial charge in [-0.3, -0.25) is 19.8 Å². The van der Waals surface area contributed by atoms with Crippen molar-refractivity contribution in [3.05, 3.63) is 70.8 Å². The number of benzene rings is 2. The van der Waals surface area contributed by atoms with Crippen LogP contribution in [0.1, 0.15) is 48.7 Å². The third kappa shape index (κ3) is 10.3. The first-order chi connectivity index (χ1) is 16.4. The van der Waals surface area contributed by atoms with Gasteiger partial charge in [-0.25, -0.2) is 4.79 Å². The van der Waals surface area contributed by atoms with Gasteiger partial charge in [0.25, 0.3) is 5.97 Å². The van der Waals surface area contributed by atoms with E-state index in [0.29, 0.717) is 41.0 Å². The predicted octanol–water partition coefficient (Wildman–Crippen LogP) is 3.01. The van der Waals surface area contributed by atoms with E-state index in [1.807, 2.05) is 6.92 Å². The summed E-state index contributed by atoms with van der Waals surface area (Å²) in [6.07, 6.45) is 2.29. The molecule has 0 saturated carbocycles. The molecule has 1 amide bonds. The highest BCUT2D eigenvalue weighted by molar-refractivity contribution is 5.99. The molecule has 0 aliphatic heterocycles. The second-order valence-corrected chi connectivity index (χ2v) is 7.42. The van der Waals surface area contributed by atoms with Gasteiger partial charge in [-0.2, -0.15) is 0 Å². The van der Waals surface area contributed by atoms with Crippen LogP contribution in [-0.4, -0.2) is 57.9 Å². The number of aliphatic carboxylic acids is 2. The van der Waals surface area contributed by atoms with Crippen LogP contribution >= 0.6 is 0 Å². The van der Waals surface area contributed by atoms with Crippen molar-refractivity contribution in [3.8, 4) is 5.75 Å². The predicted molar refractivity (Wildman–Crippen MR) is 130 cm³/mol. The van der Waals surface area contributed by atoms with Gasteiger partial charge in [0.05, 0.1) is 5.56 Å². The van der Waals surface area contributed by atoms with E-state index >= 15 is 0 Å². The van der Waals surface area contributed by atoms with Crippen LogP contribution in [0.2, 0.25) is 0 Å². The smallest absolute Gasteiger partial charge is 0.343 e. The van der Waals surface area contributed by atoms with Crippen molar-refractivity contribution in [2.75, 3.05) is 13.1 Å². The van der Waals surface area contributed by atoms with Gasteiger partial charge in [-0.05, 0) is 61.4 Å². The summed E-state index contributed by atoms with van der Waals surface area (Å²) in [5, 5.41) is 23.8. The Labute approximate surface area is 203 Å². The van der Waals surface area contributed by atoms with Gasteiger partial charge in [-0.1, -0.05) is 19.1 Å². The van der Waals surface area contributed by atoms with Gasteiger partial charge in [0.1, 0.15) is 18.1 Å². The molecule has 10 heteroatoms. The van der Waals surface area contributed by atoms with Gasteiger partial charge in [0.2, 0.25) is 5.91 Å². The summed E-state index contributed by atoms with van der Waals surface area (Å²) in [5.41, 5.74) is 7.35. The lowest BCUT2D eigenvalue weighted by molar-refractivity contribution is -0.143. The summed E-state index contributed by atoms with van der Waals surface area (Å²) >= 11 is 0. The average molecular weight is 484 g/mol. The van der Waals surface area contributed by atoms with E-state index < -0.39 is 17.9 Å². The Bertz CT molecular complexity index is 1090. The monoisotopic (exact) mass is 483 g/mol. The number of nitrogens with zero attached hydrogens (tertiary/aromatic N) is 1. The highest BCUT2D eigenvalue weighted by atomic mass is 16.5. The zero-order valence-corrected chi connectivity index (χ0v) is 19.8. The summed E-state index contributed by atoms with van der Waals surface area (Å²) in [6.45, 7) is 4.58. The maximum absolute atomic E-state index is 12.5. The number of nitrogens with two attached hydrogens (primary N) is 1. The third-order valence-corrected chi connectivity index (χ3v) is 4.35. The molecule has 0 radical (unpaired) electrons. The molecule has 2 aromatic rings. The summed E-state index contributed by atoms with van der Waals surface area (Å²) in [7, 11) is 0. The number of esters is 1. The highest BCUT2D eigenvalue weighted by Gasteiger charge is 2.17. The largest absolute Gasteiger partial charge is 0.481 e. The number of ether oxygens (including phenoxy) is 1. The Balaban J connectivity index is 0.00000142. The molecule has 0 spiro atoms. The Hall–Kier alpha value is -4.47. The number of rotatable bonds is 9.